The second-order valence-corrected chi connectivity index (χ2v) is 6.94. The molecule has 0 radical (unpaired) electrons. The largest absolute Gasteiger partial charge is 0.368 e. The van der Waals surface area contributed by atoms with Crippen LogP contribution in [0.4, 0.5) is 0 Å². The van der Waals surface area contributed by atoms with Crippen LogP contribution in [-0.4, -0.2) is 23.6 Å². The van der Waals surface area contributed by atoms with Gasteiger partial charge in [0.1, 0.15) is 10.6 Å². The molecule has 2 rings (SSSR count). The number of aromatic nitrogens is 1. The van der Waals surface area contributed by atoms with Crippen molar-refractivity contribution in [1.29, 1.82) is 0 Å². The summed E-state index contributed by atoms with van der Waals surface area (Å²) in [6, 6.07) is 0.0672. The van der Waals surface area contributed by atoms with E-state index in [1.165, 1.54) is 12.8 Å². The van der Waals surface area contributed by atoms with Crippen LogP contribution in [0.25, 0.3) is 0 Å². The van der Waals surface area contributed by atoms with Crippen LogP contribution in [0.15, 0.2) is 5.38 Å². The van der Waals surface area contributed by atoms with Crippen LogP contribution < -0.4 is 5.73 Å². The molecule has 2 N–H and O–H groups in total. The van der Waals surface area contributed by atoms with Crippen molar-refractivity contribution in [3.63, 3.8) is 0 Å². The molecule has 1 aliphatic carbocycles. The van der Waals surface area contributed by atoms with Crippen molar-refractivity contribution < 1.29 is 4.74 Å². The summed E-state index contributed by atoms with van der Waals surface area (Å²) in [5.74, 6) is 1.09. The van der Waals surface area contributed by atoms with Gasteiger partial charge in [-0.15, -0.1) is 11.3 Å². The fraction of sp³-hybridized carbons (Fsp3) is 0.786. The molecule has 1 atom stereocenters. The zero-order valence-electron chi connectivity index (χ0n) is 11.9. The highest BCUT2D eigenvalue weighted by Crippen LogP contribution is 2.43. The Kier molecular flexibility index (Phi) is 5.69. The quantitative estimate of drug-likeness (QED) is 0.834. The molecule has 19 heavy (non-hydrogen) atoms. The first-order valence-electron chi connectivity index (χ1n) is 7.06. The molecule has 5 heteroatoms. The van der Waals surface area contributed by atoms with Crippen molar-refractivity contribution in [2.45, 2.75) is 50.7 Å². The third-order valence-electron chi connectivity index (χ3n) is 3.76. The molecule has 1 aromatic rings. The number of thioether (sulfide) groups is 1. The summed E-state index contributed by atoms with van der Waals surface area (Å²) in [5, 5.41) is 3.26. The van der Waals surface area contributed by atoms with Crippen LogP contribution in [0.1, 0.15) is 55.8 Å². The van der Waals surface area contributed by atoms with E-state index in [1.54, 1.807) is 11.3 Å². The minimum Gasteiger partial charge on any atom is -0.368 e. The minimum absolute atomic E-state index is 0.0672. The van der Waals surface area contributed by atoms with Crippen molar-refractivity contribution in [2.75, 3.05) is 18.6 Å². The lowest BCUT2D eigenvalue weighted by atomic mass is 10.0. The Labute approximate surface area is 124 Å². The van der Waals surface area contributed by atoms with Crippen molar-refractivity contribution in [2.24, 2.45) is 5.73 Å². The molecule has 1 fully saturated rings. The standard InChI is InChI=1S/C14H24N2OS2/c1-3-17-14(7-4-5-8-14)13-16-12(10-19-13)11(15)6-9-18-2/h10-11H,3-9,15H2,1-2H3. The Morgan fingerprint density at radius 3 is 2.89 bits per heavy atom. The van der Waals surface area contributed by atoms with Crippen LogP contribution >= 0.6 is 23.1 Å². The van der Waals surface area contributed by atoms with Gasteiger partial charge in [-0.25, -0.2) is 4.98 Å². The van der Waals surface area contributed by atoms with E-state index >= 15 is 0 Å². The molecule has 1 aliphatic rings. The van der Waals surface area contributed by atoms with Crippen molar-refractivity contribution in [3.8, 4) is 0 Å². The highest BCUT2D eigenvalue weighted by atomic mass is 32.2. The van der Waals surface area contributed by atoms with Crippen molar-refractivity contribution >= 4 is 23.1 Å². The fourth-order valence-corrected chi connectivity index (χ4v) is 4.29. The molecule has 1 unspecified atom stereocenters. The van der Waals surface area contributed by atoms with Crippen LogP contribution in [0.2, 0.25) is 0 Å². The van der Waals surface area contributed by atoms with E-state index in [1.807, 2.05) is 11.8 Å². The van der Waals surface area contributed by atoms with E-state index in [2.05, 4.69) is 18.6 Å². The average molecular weight is 300 g/mol. The number of ether oxygens (including phenoxy) is 1. The zero-order valence-corrected chi connectivity index (χ0v) is 13.5. The molecule has 1 saturated carbocycles. The lowest BCUT2D eigenvalue weighted by Gasteiger charge is -2.26. The molecule has 0 spiro atoms. The summed E-state index contributed by atoms with van der Waals surface area (Å²) in [6.07, 6.45) is 7.80. The number of nitrogens with two attached hydrogens (primary N) is 1. The molecule has 0 amide bonds. The summed E-state index contributed by atoms with van der Waals surface area (Å²) in [6.45, 7) is 2.83. The minimum atomic E-state index is -0.114. The molecular formula is C14H24N2OS2. The lowest BCUT2D eigenvalue weighted by molar-refractivity contribution is -0.0392. The lowest BCUT2D eigenvalue weighted by Crippen LogP contribution is -2.26. The average Bonchev–Trinajstić information content (AvgIpc) is 3.05. The normalized spacial score (nSPS) is 19.7. The van der Waals surface area contributed by atoms with Gasteiger partial charge in [0.05, 0.1) is 5.69 Å². The smallest absolute Gasteiger partial charge is 0.125 e. The fourth-order valence-electron chi connectivity index (χ4n) is 2.70. The zero-order chi connectivity index (χ0) is 13.7. The Morgan fingerprint density at radius 1 is 1.53 bits per heavy atom. The summed E-state index contributed by atoms with van der Waals surface area (Å²) < 4.78 is 6.05. The van der Waals surface area contributed by atoms with Crippen molar-refractivity contribution in [3.05, 3.63) is 16.1 Å². The van der Waals surface area contributed by atoms with E-state index in [0.29, 0.717) is 0 Å². The van der Waals surface area contributed by atoms with Gasteiger partial charge in [0.2, 0.25) is 0 Å². The maximum absolute atomic E-state index is 6.20. The predicted octanol–water partition coefficient (Wildman–Crippen LogP) is 3.70. The van der Waals surface area contributed by atoms with Gasteiger partial charge in [0.15, 0.2) is 0 Å². The Bertz CT molecular complexity index is 389. The van der Waals surface area contributed by atoms with E-state index in [0.717, 1.165) is 42.3 Å². The van der Waals surface area contributed by atoms with Crippen LogP contribution in [-0.2, 0) is 10.3 Å². The number of hydrogen-bond donors (Lipinski definition) is 1. The molecular weight excluding hydrogens is 276 g/mol. The molecule has 0 aliphatic heterocycles. The Hall–Kier alpha value is -0.100. The van der Waals surface area contributed by atoms with E-state index in [9.17, 15) is 0 Å². The van der Waals surface area contributed by atoms with E-state index in [-0.39, 0.29) is 11.6 Å². The first-order valence-corrected chi connectivity index (χ1v) is 9.33. The number of nitrogens with zero attached hydrogens (tertiary/aromatic N) is 1. The second-order valence-electron chi connectivity index (χ2n) is 5.10. The van der Waals surface area contributed by atoms with E-state index in [4.69, 9.17) is 15.5 Å². The third kappa shape index (κ3) is 3.51. The summed E-state index contributed by atoms with van der Waals surface area (Å²) >= 11 is 3.56. The van der Waals surface area contributed by atoms with E-state index < -0.39 is 0 Å². The van der Waals surface area contributed by atoms with Gasteiger partial charge in [-0.1, -0.05) is 12.8 Å². The maximum Gasteiger partial charge on any atom is 0.125 e. The molecule has 0 saturated heterocycles. The Morgan fingerprint density at radius 2 is 2.26 bits per heavy atom. The third-order valence-corrected chi connectivity index (χ3v) is 5.45. The van der Waals surface area contributed by atoms with Gasteiger partial charge in [-0.05, 0) is 38.2 Å². The molecule has 3 nitrogen and oxygen atoms in total. The maximum atomic E-state index is 6.20. The van der Waals surface area contributed by atoms with Gasteiger partial charge < -0.3 is 10.5 Å². The van der Waals surface area contributed by atoms with Gasteiger partial charge in [-0.3, -0.25) is 0 Å². The first kappa shape index (κ1) is 15.3. The summed E-state index contributed by atoms with van der Waals surface area (Å²) in [5.41, 5.74) is 7.13. The van der Waals surface area contributed by atoms with Gasteiger partial charge in [0, 0.05) is 18.0 Å². The molecule has 0 aromatic carbocycles. The van der Waals surface area contributed by atoms with Crippen LogP contribution in [0.5, 0.6) is 0 Å². The highest BCUT2D eigenvalue weighted by Gasteiger charge is 2.39. The predicted molar refractivity (Wildman–Crippen MR) is 83.8 cm³/mol. The molecule has 1 heterocycles. The number of hydrogen-bond acceptors (Lipinski definition) is 5. The molecule has 108 valence electrons. The SMILES string of the molecule is CCOC1(c2nc(C(N)CCSC)cs2)CCCC1. The summed E-state index contributed by atoms with van der Waals surface area (Å²) in [4.78, 5) is 4.80. The monoisotopic (exact) mass is 300 g/mol. The number of thiazole rings is 1. The second kappa shape index (κ2) is 7.07. The van der Waals surface area contributed by atoms with Crippen molar-refractivity contribution in [1.82, 2.24) is 4.98 Å². The topological polar surface area (TPSA) is 48.1 Å². The van der Waals surface area contributed by atoms with Crippen LogP contribution in [0.3, 0.4) is 0 Å². The highest BCUT2D eigenvalue weighted by molar-refractivity contribution is 7.98. The van der Waals surface area contributed by atoms with Gasteiger partial charge in [-0.2, -0.15) is 11.8 Å². The van der Waals surface area contributed by atoms with Gasteiger partial charge in [0.25, 0.3) is 0 Å². The van der Waals surface area contributed by atoms with Crippen LogP contribution in [0, 0.1) is 0 Å². The molecule has 0 bridgehead atoms. The summed E-state index contributed by atoms with van der Waals surface area (Å²) in [7, 11) is 0. The first-order chi connectivity index (χ1) is 9.22. The van der Waals surface area contributed by atoms with Gasteiger partial charge >= 0.3 is 0 Å². The Balaban J connectivity index is 2.10. The molecule has 1 aromatic heterocycles. The number of rotatable bonds is 7.